The van der Waals surface area contributed by atoms with Crippen LogP contribution in [0.3, 0.4) is 0 Å². The smallest absolute Gasteiger partial charge is 0.255 e. The average Bonchev–Trinajstić information content (AvgIpc) is 2.85. The van der Waals surface area contributed by atoms with Crippen LogP contribution < -0.4 is 5.32 Å². The molecule has 150 valence electrons. The number of nitrogens with one attached hydrogen (secondary N) is 1. The van der Waals surface area contributed by atoms with Crippen LogP contribution in [-0.2, 0) is 0 Å². The van der Waals surface area contributed by atoms with E-state index in [-0.39, 0.29) is 21.4 Å². The van der Waals surface area contributed by atoms with Gasteiger partial charge in [-0.3, -0.25) is 4.79 Å². The summed E-state index contributed by atoms with van der Waals surface area (Å²) in [6.45, 7) is 0. The molecule has 2 atom stereocenters. The van der Waals surface area contributed by atoms with Crippen LogP contribution in [0, 0.1) is 23.3 Å². The lowest BCUT2D eigenvalue weighted by Gasteiger charge is -2.16. The van der Waals surface area contributed by atoms with E-state index in [2.05, 4.69) is 5.32 Å². The number of carbonyl (C=O) groups excluding carboxylic acids is 1. The fourth-order valence-corrected chi connectivity index (χ4v) is 4.44. The van der Waals surface area contributed by atoms with Crippen molar-refractivity contribution in [3.8, 4) is 0 Å². The van der Waals surface area contributed by atoms with Crippen molar-refractivity contribution in [1.82, 2.24) is 0 Å². The lowest BCUT2D eigenvalue weighted by molar-refractivity contribution is 0.102. The second-order valence-electron chi connectivity index (χ2n) is 6.71. The second-order valence-corrected chi connectivity index (χ2v) is 8.05. The first kappa shape index (κ1) is 20.6. The molecule has 0 heterocycles. The largest absolute Gasteiger partial charge is 0.322 e. The zero-order valence-corrected chi connectivity index (χ0v) is 15.6. The monoisotopic (exact) mass is 415 g/mol. The van der Waals surface area contributed by atoms with E-state index in [1.165, 1.54) is 23.9 Å². The van der Waals surface area contributed by atoms with E-state index in [1.54, 1.807) is 0 Å². The maximum absolute atomic E-state index is 14.2. The third-order valence-corrected chi connectivity index (χ3v) is 5.87. The van der Waals surface area contributed by atoms with Crippen molar-refractivity contribution in [2.24, 2.45) is 0 Å². The molecule has 0 aromatic heterocycles. The molecular weight excluding hydrogens is 397 g/mol. The van der Waals surface area contributed by atoms with Gasteiger partial charge >= 0.3 is 0 Å². The zero-order valence-electron chi connectivity index (χ0n) is 14.8. The number of benzene rings is 2. The zero-order chi connectivity index (χ0) is 20.3. The Morgan fingerprint density at radius 1 is 0.964 bits per heavy atom. The molecule has 3 rings (SSSR count). The first-order chi connectivity index (χ1) is 13.3. The highest BCUT2D eigenvalue weighted by molar-refractivity contribution is 8.00. The van der Waals surface area contributed by atoms with Gasteiger partial charge in [-0.2, -0.15) is 0 Å². The van der Waals surface area contributed by atoms with Crippen molar-refractivity contribution in [3.63, 3.8) is 0 Å². The van der Waals surface area contributed by atoms with Crippen LogP contribution in [0.4, 0.5) is 27.6 Å². The van der Waals surface area contributed by atoms with Gasteiger partial charge in [-0.15, -0.1) is 11.8 Å². The number of amides is 1. The summed E-state index contributed by atoms with van der Waals surface area (Å²) in [6, 6.07) is 4.98. The maximum atomic E-state index is 14.2. The molecule has 0 aliphatic heterocycles. The number of hydrogen-bond acceptors (Lipinski definition) is 2. The molecule has 0 bridgehead atoms. The van der Waals surface area contributed by atoms with Gasteiger partial charge in [0.15, 0.2) is 17.5 Å². The number of carbonyl (C=O) groups is 1. The third-order valence-electron chi connectivity index (χ3n) is 4.54. The Morgan fingerprint density at radius 3 is 2.36 bits per heavy atom. The minimum absolute atomic E-state index is 0.0689. The van der Waals surface area contributed by atoms with Gasteiger partial charge in [0.2, 0.25) is 0 Å². The Labute approximate surface area is 163 Å². The Kier molecular flexibility index (Phi) is 6.59. The number of thioether (sulfide) groups is 1. The molecule has 0 radical (unpaired) electrons. The molecule has 28 heavy (non-hydrogen) atoms. The molecule has 1 amide bonds. The van der Waals surface area contributed by atoms with E-state index < -0.39 is 35.3 Å². The van der Waals surface area contributed by atoms with Crippen LogP contribution in [0.25, 0.3) is 0 Å². The number of halogens is 5. The molecular formula is C20H18F5NOS. The van der Waals surface area contributed by atoms with E-state index in [0.29, 0.717) is 25.0 Å². The lowest BCUT2D eigenvalue weighted by atomic mass is 10.2. The summed E-state index contributed by atoms with van der Waals surface area (Å²) in [5, 5.41) is 2.17. The van der Waals surface area contributed by atoms with Gasteiger partial charge in [0, 0.05) is 33.5 Å². The maximum Gasteiger partial charge on any atom is 0.255 e. The van der Waals surface area contributed by atoms with E-state index >= 15 is 0 Å². The van der Waals surface area contributed by atoms with Crippen LogP contribution in [0.5, 0.6) is 0 Å². The normalized spacial score (nSPS) is 19.9. The van der Waals surface area contributed by atoms with Crippen LogP contribution >= 0.6 is 11.8 Å². The summed E-state index contributed by atoms with van der Waals surface area (Å²) < 4.78 is 67.5. The highest BCUT2D eigenvalue weighted by atomic mass is 32.2. The van der Waals surface area contributed by atoms with Gasteiger partial charge in [0.05, 0.1) is 0 Å². The fraction of sp³-hybridized carbons (Fsp3) is 0.350. The van der Waals surface area contributed by atoms with Gasteiger partial charge in [0.1, 0.15) is 12.0 Å². The quantitative estimate of drug-likeness (QED) is 0.363. The molecule has 2 unspecified atom stereocenters. The van der Waals surface area contributed by atoms with Gasteiger partial charge < -0.3 is 5.32 Å². The summed E-state index contributed by atoms with van der Waals surface area (Å²) in [4.78, 5) is 12.6. The molecule has 1 aliphatic carbocycles. The van der Waals surface area contributed by atoms with Crippen molar-refractivity contribution in [2.75, 3.05) is 5.32 Å². The number of alkyl halides is 1. The Bertz CT molecular complexity index is 853. The Morgan fingerprint density at radius 2 is 1.64 bits per heavy atom. The number of rotatable bonds is 4. The first-order valence-corrected chi connectivity index (χ1v) is 9.77. The first-order valence-electron chi connectivity index (χ1n) is 8.89. The van der Waals surface area contributed by atoms with E-state index in [9.17, 15) is 26.7 Å². The minimum atomic E-state index is -1.63. The van der Waals surface area contributed by atoms with Crippen molar-refractivity contribution in [2.45, 2.75) is 48.4 Å². The molecule has 8 heteroatoms. The molecule has 0 saturated heterocycles. The van der Waals surface area contributed by atoms with Gasteiger partial charge in [0.25, 0.3) is 5.91 Å². The molecule has 2 aromatic rings. The molecule has 2 nitrogen and oxygen atoms in total. The minimum Gasteiger partial charge on any atom is -0.322 e. The third kappa shape index (κ3) is 5.04. The number of anilines is 1. The average molecular weight is 415 g/mol. The molecule has 1 fully saturated rings. The number of hydrogen-bond donors (Lipinski definition) is 1. The van der Waals surface area contributed by atoms with E-state index in [1.807, 2.05) is 0 Å². The lowest BCUT2D eigenvalue weighted by Crippen LogP contribution is -2.13. The molecule has 1 N–H and O–H groups in total. The van der Waals surface area contributed by atoms with Crippen LogP contribution in [-0.4, -0.2) is 17.3 Å². The van der Waals surface area contributed by atoms with Crippen LogP contribution in [0.1, 0.15) is 42.5 Å². The predicted molar refractivity (Wildman–Crippen MR) is 98.3 cm³/mol. The van der Waals surface area contributed by atoms with Crippen molar-refractivity contribution in [1.29, 1.82) is 0 Å². The van der Waals surface area contributed by atoms with Crippen molar-refractivity contribution in [3.05, 3.63) is 59.2 Å². The second kappa shape index (κ2) is 8.94. The topological polar surface area (TPSA) is 29.1 Å². The summed E-state index contributed by atoms with van der Waals surface area (Å²) >= 11 is 1.19. The standard InChI is InChI=1S/C20H18F5NOS/c21-12-3-1-2-4-14(8-12)28-18-7-11(5-6-15(18)22)20(27)26-13-9-16(23)19(25)17(24)10-13/h5-7,9-10,12,14H,1-4,8H2,(H,26,27). The van der Waals surface area contributed by atoms with Gasteiger partial charge in [-0.1, -0.05) is 12.8 Å². The highest BCUT2D eigenvalue weighted by Crippen LogP contribution is 2.35. The summed E-state index contributed by atoms with van der Waals surface area (Å²) in [5.41, 5.74) is -0.191. The highest BCUT2D eigenvalue weighted by Gasteiger charge is 2.22. The van der Waals surface area contributed by atoms with Crippen molar-refractivity contribution < 1.29 is 26.7 Å². The SMILES string of the molecule is O=C(Nc1cc(F)c(F)c(F)c1)c1ccc(F)c(SC2CCCCC(F)C2)c1. The summed E-state index contributed by atoms with van der Waals surface area (Å²) in [7, 11) is 0. The van der Waals surface area contributed by atoms with Crippen molar-refractivity contribution >= 4 is 23.4 Å². The van der Waals surface area contributed by atoms with Crippen LogP contribution in [0.2, 0.25) is 0 Å². The fourth-order valence-electron chi connectivity index (χ4n) is 3.11. The summed E-state index contributed by atoms with van der Waals surface area (Å²) in [5.74, 6) is -5.75. The van der Waals surface area contributed by atoms with Crippen LogP contribution in [0.15, 0.2) is 35.2 Å². The van der Waals surface area contributed by atoms with E-state index in [0.717, 1.165) is 25.3 Å². The van der Waals surface area contributed by atoms with Gasteiger partial charge in [-0.05, 0) is 37.5 Å². The predicted octanol–water partition coefficient (Wildman–Crippen LogP) is 6.26. The van der Waals surface area contributed by atoms with Gasteiger partial charge in [-0.25, -0.2) is 22.0 Å². The van der Waals surface area contributed by atoms with E-state index in [4.69, 9.17) is 0 Å². The Hall–Kier alpha value is -2.09. The molecule has 0 spiro atoms. The summed E-state index contributed by atoms with van der Waals surface area (Å²) in [6.07, 6.45) is 2.34. The molecule has 1 saturated carbocycles. The molecule has 2 aromatic carbocycles. The molecule has 1 aliphatic rings. The Balaban J connectivity index is 1.75.